The number of nitrogens with zero attached hydrogens (tertiary/aromatic N) is 3. The van der Waals surface area contributed by atoms with Gasteiger partial charge in [0.1, 0.15) is 0 Å². The van der Waals surface area contributed by atoms with E-state index in [4.69, 9.17) is 0 Å². The Hall–Kier alpha value is -1.97. The third-order valence-electron chi connectivity index (χ3n) is 4.26. The summed E-state index contributed by atoms with van der Waals surface area (Å²) in [5, 5.41) is 2.77. The average Bonchev–Trinajstić information content (AvgIpc) is 2.61. The molecule has 26 heavy (non-hydrogen) atoms. The molecule has 9 heteroatoms. The van der Waals surface area contributed by atoms with Crippen LogP contribution in [0.15, 0.2) is 29.2 Å². The summed E-state index contributed by atoms with van der Waals surface area (Å²) < 4.78 is 27.0. The fraction of sp³-hybridized carbons (Fsp3) is 0.529. The Balaban J connectivity index is 2.08. The number of likely N-dealkylation sites (N-methyl/N-ethyl adjacent to an activating group) is 1. The first-order valence-corrected chi connectivity index (χ1v) is 9.94. The van der Waals surface area contributed by atoms with Crippen LogP contribution in [0.4, 0.5) is 0 Å². The van der Waals surface area contributed by atoms with Gasteiger partial charge in [0.25, 0.3) is 5.91 Å². The molecule has 144 valence electrons. The van der Waals surface area contributed by atoms with Gasteiger partial charge in [-0.2, -0.15) is 4.31 Å². The lowest BCUT2D eigenvalue weighted by Crippen LogP contribution is -2.49. The van der Waals surface area contributed by atoms with E-state index in [0.717, 1.165) is 0 Å². The molecular formula is C17H26N4O4S. The van der Waals surface area contributed by atoms with E-state index in [-0.39, 0.29) is 29.8 Å². The second-order valence-electron chi connectivity index (χ2n) is 6.50. The number of piperazine rings is 1. The van der Waals surface area contributed by atoms with Crippen molar-refractivity contribution in [3.63, 3.8) is 0 Å². The van der Waals surface area contributed by atoms with Crippen molar-refractivity contribution in [1.29, 1.82) is 0 Å². The van der Waals surface area contributed by atoms with E-state index < -0.39 is 10.0 Å². The van der Waals surface area contributed by atoms with Gasteiger partial charge in [-0.05, 0) is 32.3 Å². The van der Waals surface area contributed by atoms with Crippen molar-refractivity contribution in [2.24, 2.45) is 0 Å². The monoisotopic (exact) mass is 382 g/mol. The number of carbonyl (C=O) groups is 2. The van der Waals surface area contributed by atoms with Crippen molar-refractivity contribution < 1.29 is 18.0 Å². The highest BCUT2D eigenvalue weighted by Gasteiger charge is 2.29. The van der Waals surface area contributed by atoms with Crippen LogP contribution in [-0.2, 0) is 14.8 Å². The van der Waals surface area contributed by atoms with Crippen molar-refractivity contribution >= 4 is 21.8 Å². The van der Waals surface area contributed by atoms with Crippen LogP contribution in [0.2, 0.25) is 0 Å². The van der Waals surface area contributed by atoms with E-state index in [1.165, 1.54) is 23.4 Å². The molecule has 1 aromatic carbocycles. The van der Waals surface area contributed by atoms with Crippen LogP contribution in [0.25, 0.3) is 0 Å². The van der Waals surface area contributed by atoms with Gasteiger partial charge in [0.05, 0.1) is 4.90 Å². The van der Waals surface area contributed by atoms with Gasteiger partial charge in [0.2, 0.25) is 15.9 Å². The van der Waals surface area contributed by atoms with Gasteiger partial charge in [0.15, 0.2) is 0 Å². The Kier molecular flexibility index (Phi) is 6.74. The van der Waals surface area contributed by atoms with E-state index in [1.807, 2.05) is 19.0 Å². The Morgan fingerprint density at radius 1 is 1.15 bits per heavy atom. The number of amides is 2. The second kappa shape index (κ2) is 8.61. The summed E-state index contributed by atoms with van der Waals surface area (Å²) in [6.45, 7) is 3.91. The maximum atomic E-state index is 12.8. The van der Waals surface area contributed by atoms with Gasteiger partial charge >= 0.3 is 0 Å². The molecule has 1 saturated heterocycles. The fourth-order valence-electron chi connectivity index (χ4n) is 2.69. The predicted molar refractivity (Wildman–Crippen MR) is 98.3 cm³/mol. The quantitative estimate of drug-likeness (QED) is 0.738. The molecule has 1 aliphatic rings. The molecule has 0 spiro atoms. The SMILES string of the molecule is CC(=O)N1CCN(S(=O)(=O)c2cccc(C(=O)NCCN(C)C)c2)CC1. The molecule has 1 aromatic rings. The van der Waals surface area contributed by atoms with Crippen molar-refractivity contribution in [3.8, 4) is 0 Å². The molecule has 0 aliphatic carbocycles. The van der Waals surface area contributed by atoms with Crippen molar-refractivity contribution in [2.75, 3.05) is 53.4 Å². The van der Waals surface area contributed by atoms with Crippen LogP contribution in [0, 0.1) is 0 Å². The Labute approximate surface area is 154 Å². The lowest BCUT2D eigenvalue weighted by Gasteiger charge is -2.33. The molecule has 0 radical (unpaired) electrons. The molecule has 1 N–H and O–H groups in total. The molecule has 8 nitrogen and oxygen atoms in total. The maximum absolute atomic E-state index is 12.8. The molecule has 1 aliphatic heterocycles. The number of hydrogen-bond donors (Lipinski definition) is 1. The van der Waals surface area contributed by atoms with Crippen LogP contribution in [0.3, 0.4) is 0 Å². The van der Waals surface area contributed by atoms with Gasteiger partial charge in [-0.3, -0.25) is 9.59 Å². The van der Waals surface area contributed by atoms with Gasteiger partial charge in [-0.1, -0.05) is 6.07 Å². The van der Waals surface area contributed by atoms with Gasteiger partial charge < -0.3 is 15.1 Å². The number of sulfonamides is 1. The fourth-order valence-corrected chi connectivity index (χ4v) is 4.15. The zero-order valence-corrected chi connectivity index (χ0v) is 16.3. The maximum Gasteiger partial charge on any atom is 0.251 e. The highest BCUT2D eigenvalue weighted by atomic mass is 32.2. The molecule has 0 atom stereocenters. The van der Waals surface area contributed by atoms with Gasteiger partial charge in [0, 0.05) is 51.8 Å². The zero-order valence-electron chi connectivity index (χ0n) is 15.4. The summed E-state index contributed by atoms with van der Waals surface area (Å²) in [5.41, 5.74) is 0.312. The first-order chi connectivity index (χ1) is 12.2. The third-order valence-corrected chi connectivity index (χ3v) is 6.16. The Morgan fingerprint density at radius 3 is 2.38 bits per heavy atom. The normalized spacial score (nSPS) is 15.9. The molecule has 0 unspecified atom stereocenters. The first-order valence-electron chi connectivity index (χ1n) is 8.50. The summed E-state index contributed by atoms with van der Waals surface area (Å²) in [6, 6.07) is 6.05. The minimum absolute atomic E-state index is 0.0570. The highest BCUT2D eigenvalue weighted by Crippen LogP contribution is 2.19. The lowest BCUT2D eigenvalue weighted by atomic mass is 10.2. The average molecular weight is 382 g/mol. The lowest BCUT2D eigenvalue weighted by molar-refractivity contribution is -0.129. The van der Waals surface area contributed by atoms with Gasteiger partial charge in [-0.15, -0.1) is 0 Å². The largest absolute Gasteiger partial charge is 0.351 e. The Bertz CT molecular complexity index is 756. The van der Waals surface area contributed by atoms with E-state index in [9.17, 15) is 18.0 Å². The molecular weight excluding hydrogens is 356 g/mol. The zero-order chi connectivity index (χ0) is 19.3. The third kappa shape index (κ3) is 5.03. The number of hydrogen-bond acceptors (Lipinski definition) is 5. The van der Waals surface area contributed by atoms with E-state index >= 15 is 0 Å². The van der Waals surface area contributed by atoms with Crippen LogP contribution in [0.5, 0.6) is 0 Å². The van der Waals surface area contributed by atoms with Crippen molar-refractivity contribution in [3.05, 3.63) is 29.8 Å². The standard InChI is InChI=1S/C17H26N4O4S/c1-14(22)20-9-11-21(12-10-20)26(24,25)16-6-4-5-15(13-16)17(23)18-7-8-19(2)3/h4-6,13H,7-12H2,1-3H3,(H,18,23). The first kappa shape index (κ1) is 20.3. The number of benzene rings is 1. The number of carbonyl (C=O) groups excluding carboxylic acids is 2. The molecule has 1 fully saturated rings. The Morgan fingerprint density at radius 2 is 1.81 bits per heavy atom. The van der Waals surface area contributed by atoms with E-state index in [0.29, 0.717) is 31.7 Å². The molecule has 0 saturated carbocycles. The smallest absolute Gasteiger partial charge is 0.251 e. The van der Waals surface area contributed by atoms with E-state index in [1.54, 1.807) is 17.0 Å². The number of nitrogens with one attached hydrogen (secondary N) is 1. The van der Waals surface area contributed by atoms with Crippen molar-refractivity contribution in [2.45, 2.75) is 11.8 Å². The predicted octanol–water partition coefficient (Wildman–Crippen LogP) is -0.169. The van der Waals surface area contributed by atoms with E-state index in [2.05, 4.69) is 5.32 Å². The van der Waals surface area contributed by atoms with Crippen molar-refractivity contribution in [1.82, 2.24) is 19.4 Å². The molecule has 1 heterocycles. The summed E-state index contributed by atoms with van der Waals surface area (Å²) >= 11 is 0. The molecule has 0 bridgehead atoms. The number of rotatable bonds is 6. The summed E-state index contributed by atoms with van der Waals surface area (Å²) in [6.07, 6.45) is 0. The van der Waals surface area contributed by atoms with Crippen LogP contribution < -0.4 is 5.32 Å². The minimum Gasteiger partial charge on any atom is -0.351 e. The summed E-state index contributed by atoms with van der Waals surface area (Å²) in [5.74, 6) is -0.358. The second-order valence-corrected chi connectivity index (χ2v) is 8.44. The molecule has 2 rings (SSSR count). The molecule has 2 amide bonds. The van der Waals surface area contributed by atoms with Crippen LogP contribution >= 0.6 is 0 Å². The molecule has 0 aromatic heterocycles. The van der Waals surface area contributed by atoms with Crippen LogP contribution in [0.1, 0.15) is 17.3 Å². The topological polar surface area (TPSA) is 90.0 Å². The summed E-state index contributed by atoms with van der Waals surface area (Å²) in [4.78, 5) is 27.3. The van der Waals surface area contributed by atoms with Gasteiger partial charge in [-0.25, -0.2) is 8.42 Å². The minimum atomic E-state index is -3.69. The highest BCUT2D eigenvalue weighted by molar-refractivity contribution is 7.89. The summed E-state index contributed by atoms with van der Waals surface area (Å²) in [7, 11) is 0.122. The van der Waals surface area contributed by atoms with Crippen LogP contribution in [-0.4, -0.2) is 87.7 Å².